The highest BCUT2D eigenvalue weighted by Crippen LogP contribution is 2.63. The van der Waals surface area contributed by atoms with Crippen molar-refractivity contribution in [3.05, 3.63) is 77.9 Å². The summed E-state index contributed by atoms with van der Waals surface area (Å²) in [6.07, 6.45) is 10.8. The Morgan fingerprint density at radius 3 is 2.50 bits per heavy atom. The van der Waals surface area contributed by atoms with Crippen LogP contribution in [0.25, 0.3) is 0 Å². The minimum Gasteiger partial charge on any atom is -0.489 e. The van der Waals surface area contributed by atoms with Gasteiger partial charge in [0.15, 0.2) is 0 Å². The van der Waals surface area contributed by atoms with Gasteiger partial charge in [-0.05, 0) is 97.6 Å². The van der Waals surface area contributed by atoms with Crippen LogP contribution >= 0.6 is 0 Å². The second kappa shape index (κ2) is 9.59. The van der Waals surface area contributed by atoms with Crippen molar-refractivity contribution in [3.63, 3.8) is 0 Å². The number of carbonyl (C=O) groups excluding carboxylic acids is 2. The van der Waals surface area contributed by atoms with Crippen LogP contribution in [-0.2, 0) is 11.4 Å². The molecule has 0 aromatic heterocycles. The van der Waals surface area contributed by atoms with Gasteiger partial charge >= 0.3 is 0 Å². The molecule has 6 rings (SSSR count). The summed E-state index contributed by atoms with van der Waals surface area (Å²) in [6, 6.07) is 18.1. The summed E-state index contributed by atoms with van der Waals surface area (Å²) in [5, 5.41) is 3.44. The van der Waals surface area contributed by atoms with Gasteiger partial charge in [-0.15, -0.1) is 0 Å². The predicted octanol–water partition coefficient (Wildman–Crippen LogP) is 6.00. The van der Waals surface area contributed by atoms with E-state index in [4.69, 9.17) is 4.74 Å². The molecule has 0 spiro atoms. The van der Waals surface area contributed by atoms with Gasteiger partial charge in [0.1, 0.15) is 12.4 Å². The van der Waals surface area contributed by atoms with E-state index >= 15 is 0 Å². The molecule has 2 amide bonds. The van der Waals surface area contributed by atoms with Crippen LogP contribution in [0.3, 0.4) is 0 Å². The van der Waals surface area contributed by atoms with Crippen molar-refractivity contribution < 1.29 is 14.3 Å². The number of rotatable bonds is 5. The van der Waals surface area contributed by atoms with Crippen LogP contribution in [0.1, 0.15) is 68.3 Å². The van der Waals surface area contributed by atoms with Gasteiger partial charge in [-0.2, -0.15) is 0 Å². The number of hydrogen-bond donors (Lipinski definition) is 1. The highest BCUT2D eigenvalue weighted by Gasteiger charge is 2.60. The SMILES string of the molecule is CN1C(=O)C=C[C@]2(C)[C@H]3CC[C@]4(C)C(NC(=O)c5ccc(OCc6ccccc6)cc5)CC[C@H]4[C@@H]3CC[C@@H]12. The number of hydrogen-bond acceptors (Lipinski definition) is 3. The van der Waals surface area contributed by atoms with E-state index in [0.29, 0.717) is 36.0 Å². The summed E-state index contributed by atoms with van der Waals surface area (Å²) in [5.41, 5.74) is 1.98. The fourth-order valence-electron chi connectivity index (χ4n) is 8.66. The van der Waals surface area contributed by atoms with E-state index in [0.717, 1.165) is 37.0 Å². The molecule has 2 aromatic carbocycles. The molecular formula is C33H40N2O3. The monoisotopic (exact) mass is 512 g/mol. The van der Waals surface area contributed by atoms with E-state index in [1.807, 2.05) is 72.6 Å². The quantitative estimate of drug-likeness (QED) is 0.534. The molecule has 5 heteroatoms. The lowest BCUT2D eigenvalue weighted by Gasteiger charge is -2.60. The van der Waals surface area contributed by atoms with Crippen molar-refractivity contribution in [2.75, 3.05) is 7.05 Å². The van der Waals surface area contributed by atoms with E-state index in [1.165, 1.54) is 12.8 Å². The maximum absolute atomic E-state index is 13.3. The molecule has 1 aliphatic heterocycles. The van der Waals surface area contributed by atoms with Gasteiger partial charge in [-0.1, -0.05) is 50.3 Å². The third-order valence-corrected chi connectivity index (χ3v) is 10.8. The average Bonchev–Trinajstić information content (AvgIpc) is 3.26. The van der Waals surface area contributed by atoms with E-state index in [2.05, 4.69) is 25.2 Å². The Bertz CT molecular complexity index is 1220. The summed E-state index contributed by atoms with van der Waals surface area (Å²) >= 11 is 0. The number of likely N-dealkylation sites (N-methyl/N-ethyl adjacent to an activating group) is 1. The van der Waals surface area contributed by atoms with Gasteiger partial charge in [-0.3, -0.25) is 9.59 Å². The highest BCUT2D eigenvalue weighted by molar-refractivity contribution is 5.94. The molecule has 0 saturated heterocycles. The first-order valence-electron chi connectivity index (χ1n) is 14.3. The zero-order valence-corrected chi connectivity index (χ0v) is 22.9. The first kappa shape index (κ1) is 25.2. The number of fused-ring (bicyclic) bond motifs is 5. The van der Waals surface area contributed by atoms with Crippen molar-refractivity contribution in [3.8, 4) is 5.75 Å². The van der Waals surface area contributed by atoms with Crippen LogP contribution < -0.4 is 10.1 Å². The molecule has 3 saturated carbocycles. The minimum atomic E-state index is 0.0135. The fourth-order valence-corrected chi connectivity index (χ4v) is 8.66. The number of nitrogens with zero attached hydrogens (tertiary/aromatic N) is 1. The summed E-state index contributed by atoms with van der Waals surface area (Å²) in [5.74, 6) is 2.80. The molecular weight excluding hydrogens is 472 g/mol. The van der Waals surface area contributed by atoms with E-state index in [9.17, 15) is 9.59 Å². The molecule has 0 bridgehead atoms. The van der Waals surface area contributed by atoms with Crippen molar-refractivity contribution in [2.45, 2.75) is 71.1 Å². The van der Waals surface area contributed by atoms with Gasteiger partial charge < -0.3 is 15.0 Å². The molecule has 4 aliphatic rings. The van der Waals surface area contributed by atoms with Crippen LogP contribution in [0, 0.1) is 28.6 Å². The molecule has 1 heterocycles. The van der Waals surface area contributed by atoms with Crippen LogP contribution in [0.15, 0.2) is 66.7 Å². The number of amides is 2. The Kier molecular flexibility index (Phi) is 6.36. The van der Waals surface area contributed by atoms with Crippen LogP contribution in [0.5, 0.6) is 5.75 Å². The lowest BCUT2D eigenvalue weighted by atomic mass is 9.48. The molecule has 1 unspecified atom stereocenters. The molecule has 0 radical (unpaired) electrons. The Morgan fingerprint density at radius 2 is 1.74 bits per heavy atom. The number of nitrogens with one attached hydrogen (secondary N) is 1. The van der Waals surface area contributed by atoms with E-state index in [1.54, 1.807) is 0 Å². The normalized spacial score (nSPS) is 35.7. The Morgan fingerprint density at radius 1 is 0.974 bits per heavy atom. The number of carbonyl (C=O) groups is 2. The third kappa shape index (κ3) is 4.15. The zero-order chi connectivity index (χ0) is 26.5. The highest BCUT2D eigenvalue weighted by atomic mass is 16.5. The fraction of sp³-hybridized carbons (Fsp3) is 0.515. The van der Waals surface area contributed by atoms with Crippen molar-refractivity contribution >= 4 is 11.8 Å². The molecule has 1 N–H and O–H groups in total. The van der Waals surface area contributed by atoms with Gasteiger partial charge in [0.05, 0.1) is 0 Å². The standard InChI is InChI=1S/C33H40N2O3/c1-32-19-17-27-25(13-16-29-33(27,2)20-18-30(36)35(29)3)26(32)14-15-28(32)34-31(37)23-9-11-24(12-10-23)38-21-22-7-5-4-6-8-22/h4-12,18,20,25-29H,13-17,19,21H2,1-3H3,(H,34,37)/t25-,26-,27-,28?,29+,32-,33+/m0/s1. The Hall–Kier alpha value is -3.08. The maximum Gasteiger partial charge on any atom is 0.251 e. The maximum atomic E-state index is 13.3. The number of ether oxygens (including phenoxy) is 1. The minimum absolute atomic E-state index is 0.0135. The average molecular weight is 513 g/mol. The molecule has 5 nitrogen and oxygen atoms in total. The molecule has 3 aliphatic carbocycles. The van der Waals surface area contributed by atoms with Crippen molar-refractivity contribution in [1.82, 2.24) is 10.2 Å². The smallest absolute Gasteiger partial charge is 0.251 e. The predicted molar refractivity (Wildman–Crippen MR) is 149 cm³/mol. The van der Waals surface area contributed by atoms with Gasteiger partial charge in [0, 0.05) is 30.1 Å². The summed E-state index contributed by atoms with van der Waals surface area (Å²) < 4.78 is 5.90. The molecule has 2 aromatic rings. The molecule has 7 atom stereocenters. The first-order valence-corrected chi connectivity index (χ1v) is 14.3. The lowest BCUT2D eigenvalue weighted by molar-refractivity contribution is -0.138. The van der Waals surface area contributed by atoms with Crippen LogP contribution in [0.4, 0.5) is 0 Å². The second-order valence-electron chi connectivity index (χ2n) is 12.6. The van der Waals surface area contributed by atoms with E-state index < -0.39 is 0 Å². The molecule has 200 valence electrons. The largest absolute Gasteiger partial charge is 0.489 e. The van der Waals surface area contributed by atoms with Crippen LogP contribution in [-0.4, -0.2) is 35.8 Å². The second-order valence-corrected chi connectivity index (χ2v) is 12.6. The summed E-state index contributed by atoms with van der Waals surface area (Å²) in [4.78, 5) is 27.6. The lowest BCUT2D eigenvalue weighted by Crippen LogP contribution is -2.60. The Labute approximate surface area is 226 Å². The van der Waals surface area contributed by atoms with Crippen LogP contribution in [0.2, 0.25) is 0 Å². The number of benzene rings is 2. The summed E-state index contributed by atoms with van der Waals surface area (Å²) in [6.45, 7) is 5.32. The first-order chi connectivity index (χ1) is 18.3. The van der Waals surface area contributed by atoms with Gasteiger partial charge in [0.2, 0.25) is 5.91 Å². The zero-order valence-electron chi connectivity index (χ0n) is 22.9. The molecule has 3 fully saturated rings. The third-order valence-electron chi connectivity index (χ3n) is 10.8. The van der Waals surface area contributed by atoms with Gasteiger partial charge in [-0.25, -0.2) is 0 Å². The molecule has 38 heavy (non-hydrogen) atoms. The van der Waals surface area contributed by atoms with E-state index in [-0.39, 0.29) is 28.7 Å². The topological polar surface area (TPSA) is 58.6 Å². The van der Waals surface area contributed by atoms with Gasteiger partial charge in [0.25, 0.3) is 5.91 Å². The van der Waals surface area contributed by atoms with Crippen molar-refractivity contribution in [1.29, 1.82) is 0 Å². The van der Waals surface area contributed by atoms with Crippen molar-refractivity contribution in [2.24, 2.45) is 28.6 Å². The Balaban J connectivity index is 1.11. The summed E-state index contributed by atoms with van der Waals surface area (Å²) in [7, 11) is 1.98.